The van der Waals surface area contributed by atoms with Gasteiger partial charge in [0.15, 0.2) is 16.4 Å². The lowest BCUT2D eigenvalue weighted by atomic mass is 10.2. The van der Waals surface area contributed by atoms with Crippen LogP contribution in [0, 0.1) is 21.8 Å². The monoisotopic (exact) mass is 254 g/mol. The number of halogens is 2. The molecular formula is C12H12F2N2S. The second-order valence-electron chi connectivity index (χ2n) is 5.27. The summed E-state index contributed by atoms with van der Waals surface area (Å²) < 4.78 is 29.3. The molecule has 1 atom stereocenters. The van der Waals surface area contributed by atoms with Gasteiger partial charge in [0, 0.05) is 6.04 Å². The molecule has 1 aromatic carbocycles. The molecule has 1 N–H and O–H groups in total. The Morgan fingerprint density at radius 1 is 1.41 bits per heavy atom. The lowest BCUT2D eigenvalue weighted by Gasteiger charge is -2.07. The van der Waals surface area contributed by atoms with E-state index in [1.807, 2.05) is 0 Å². The van der Waals surface area contributed by atoms with Crippen molar-refractivity contribution in [1.82, 2.24) is 9.55 Å². The van der Waals surface area contributed by atoms with Crippen LogP contribution in [0.2, 0.25) is 0 Å². The van der Waals surface area contributed by atoms with Crippen molar-refractivity contribution in [1.29, 1.82) is 0 Å². The topological polar surface area (TPSA) is 20.7 Å². The minimum atomic E-state index is -0.835. The predicted molar refractivity (Wildman–Crippen MR) is 64.5 cm³/mol. The van der Waals surface area contributed by atoms with Gasteiger partial charge in [0.1, 0.15) is 5.52 Å². The smallest absolute Gasteiger partial charge is 0.184 e. The molecule has 90 valence electrons. The van der Waals surface area contributed by atoms with Gasteiger partial charge >= 0.3 is 0 Å². The largest absolute Gasteiger partial charge is 0.330 e. The lowest BCUT2D eigenvalue weighted by Crippen LogP contribution is -2.02. The molecule has 1 heterocycles. The summed E-state index contributed by atoms with van der Waals surface area (Å²) in [5.41, 5.74) is 0.911. The normalized spacial score (nSPS) is 22.0. The molecule has 1 unspecified atom stereocenters. The molecule has 2 nitrogen and oxygen atoms in total. The Hall–Kier alpha value is -1.23. The van der Waals surface area contributed by atoms with Crippen LogP contribution in [-0.4, -0.2) is 9.55 Å². The van der Waals surface area contributed by atoms with Crippen LogP contribution in [0.5, 0.6) is 0 Å². The Morgan fingerprint density at radius 2 is 2.06 bits per heavy atom. The number of benzene rings is 1. The highest BCUT2D eigenvalue weighted by Crippen LogP contribution is 2.56. The summed E-state index contributed by atoms with van der Waals surface area (Å²) in [4.78, 5) is 2.93. The Morgan fingerprint density at radius 3 is 2.65 bits per heavy atom. The van der Waals surface area contributed by atoms with Crippen molar-refractivity contribution in [2.24, 2.45) is 5.41 Å². The van der Waals surface area contributed by atoms with Crippen LogP contribution >= 0.6 is 12.2 Å². The van der Waals surface area contributed by atoms with Crippen LogP contribution in [0.15, 0.2) is 12.1 Å². The number of aromatic amines is 1. The molecule has 0 radical (unpaired) electrons. The zero-order valence-corrected chi connectivity index (χ0v) is 10.4. The molecule has 3 rings (SSSR count). The summed E-state index contributed by atoms with van der Waals surface area (Å²) in [5, 5.41) is 0. The average molecular weight is 254 g/mol. The van der Waals surface area contributed by atoms with E-state index in [2.05, 4.69) is 18.8 Å². The molecule has 0 saturated heterocycles. The van der Waals surface area contributed by atoms with Crippen molar-refractivity contribution in [3.8, 4) is 0 Å². The summed E-state index contributed by atoms with van der Waals surface area (Å²) in [7, 11) is 0. The van der Waals surface area contributed by atoms with Gasteiger partial charge < -0.3 is 9.55 Å². The maximum absolute atomic E-state index is 13.8. The van der Waals surface area contributed by atoms with Crippen molar-refractivity contribution in [2.45, 2.75) is 26.3 Å². The van der Waals surface area contributed by atoms with Crippen LogP contribution in [-0.2, 0) is 0 Å². The molecule has 0 amide bonds. The first-order chi connectivity index (χ1) is 7.92. The fourth-order valence-electron chi connectivity index (χ4n) is 2.33. The minimum Gasteiger partial charge on any atom is -0.330 e. The highest BCUT2D eigenvalue weighted by atomic mass is 32.1. The molecule has 5 heteroatoms. The molecule has 1 aliphatic carbocycles. The molecule has 0 bridgehead atoms. The molecule has 1 aliphatic rings. The van der Waals surface area contributed by atoms with E-state index in [4.69, 9.17) is 12.2 Å². The van der Waals surface area contributed by atoms with Crippen LogP contribution < -0.4 is 0 Å². The third-order valence-electron chi connectivity index (χ3n) is 3.54. The number of fused-ring (bicyclic) bond motifs is 1. The number of imidazole rings is 1. The fourth-order valence-corrected chi connectivity index (χ4v) is 2.66. The summed E-state index contributed by atoms with van der Waals surface area (Å²) >= 11 is 5.19. The number of aromatic nitrogens is 2. The first-order valence-corrected chi connectivity index (χ1v) is 5.91. The third kappa shape index (κ3) is 1.45. The summed E-state index contributed by atoms with van der Waals surface area (Å²) in [5.74, 6) is -1.66. The average Bonchev–Trinajstić information content (AvgIpc) is 2.71. The number of hydrogen-bond acceptors (Lipinski definition) is 1. The van der Waals surface area contributed by atoms with E-state index in [9.17, 15) is 8.78 Å². The van der Waals surface area contributed by atoms with Crippen LogP contribution in [0.1, 0.15) is 26.3 Å². The van der Waals surface area contributed by atoms with E-state index < -0.39 is 11.6 Å². The number of nitrogens with zero attached hydrogens (tertiary/aromatic N) is 1. The predicted octanol–water partition coefficient (Wildman–Crippen LogP) is 3.95. The van der Waals surface area contributed by atoms with Gasteiger partial charge in [-0.2, -0.15) is 0 Å². The minimum absolute atomic E-state index is 0.103. The molecule has 0 aliphatic heterocycles. The molecule has 17 heavy (non-hydrogen) atoms. The third-order valence-corrected chi connectivity index (χ3v) is 3.84. The maximum Gasteiger partial charge on any atom is 0.184 e. The van der Waals surface area contributed by atoms with Gasteiger partial charge in [0.05, 0.1) is 5.52 Å². The van der Waals surface area contributed by atoms with E-state index in [0.29, 0.717) is 10.3 Å². The van der Waals surface area contributed by atoms with Gasteiger partial charge in [-0.05, 0) is 36.2 Å². The van der Waals surface area contributed by atoms with Crippen molar-refractivity contribution >= 4 is 23.3 Å². The summed E-state index contributed by atoms with van der Waals surface area (Å²) in [6.45, 7) is 4.19. The van der Waals surface area contributed by atoms with E-state index >= 15 is 0 Å². The number of H-pyrrole nitrogens is 1. The number of rotatable bonds is 1. The molecule has 0 spiro atoms. The number of hydrogen-bond donors (Lipinski definition) is 1. The Balaban J connectivity index is 2.34. The molecule has 1 aromatic heterocycles. The Labute approximate surface area is 102 Å². The highest BCUT2D eigenvalue weighted by molar-refractivity contribution is 7.71. The van der Waals surface area contributed by atoms with Crippen molar-refractivity contribution in [3.05, 3.63) is 28.5 Å². The second-order valence-corrected chi connectivity index (χ2v) is 5.65. The summed E-state index contributed by atoms with van der Waals surface area (Å²) in [6, 6.07) is 2.79. The van der Waals surface area contributed by atoms with Gasteiger partial charge in [-0.25, -0.2) is 8.78 Å². The summed E-state index contributed by atoms with van der Waals surface area (Å²) in [6.07, 6.45) is 0.935. The van der Waals surface area contributed by atoms with Crippen molar-refractivity contribution < 1.29 is 8.78 Å². The van der Waals surface area contributed by atoms with Gasteiger partial charge in [0.2, 0.25) is 0 Å². The van der Waals surface area contributed by atoms with Crippen LogP contribution in [0.25, 0.3) is 11.0 Å². The molecular weight excluding hydrogens is 242 g/mol. The van der Waals surface area contributed by atoms with E-state index in [-0.39, 0.29) is 17.0 Å². The van der Waals surface area contributed by atoms with Gasteiger partial charge in [-0.1, -0.05) is 13.8 Å². The maximum atomic E-state index is 13.8. The Bertz CT molecular complexity index is 669. The lowest BCUT2D eigenvalue weighted by molar-refractivity contribution is 0.502. The van der Waals surface area contributed by atoms with Gasteiger partial charge in [-0.3, -0.25) is 0 Å². The second kappa shape index (κ2) is 3.16. The fraction of sp³-hybridized carbons (Fsp3) is 0.417. The van der Waals surface area contributed by atoms with Crippen LogP contribution in [0.3, 0.4) is 0 Å². The van der Waals surface area contributed by atoms with Gasteiger partial charge in [0.25, 0.3) is 0 Å². The zero-order chi connectivity index (χ0) is 12.4. The number of nitrogens with one attached hydrogen (secondary N) is 1. The SMILES string of the molecule is CC1(C)CC1n1c(=S)[nH]c2ccc(F)c(F)c21. The standard InChI is InChI=1S/C12H12F2N2S/c1-12(2)5-8(12)16-10-7(15-11(16)17)4-3-6(13)9(10)14/h3-4,8H,5H2,1-2H3,(H,15,17). The molecule has 2 aromatic rings. The van der Waals surface area contributed by atoms with E-state index in [1.165, 1.54) is 6.07 Å². The molecule has 1 fully saturated rings. The first-order valence-electron chi connectivity index (χ1n) is 5.50. The van der Waals surface area contributed by atoms with E-state index in [1.54, 1.807) is 4.57 Å². The first kappa shape index (κ1) is 10.9. The quantitative estimate of drug-likeness (QED) is 0.764. The van der Waals surface area contributed by atoms with Crippen LogP contribution in [0.4, 0.5) is 8.78 Å². The zero-order valence-electron chi connectivity index (χ0n) is 9.55. The van der Waals surface area contributed by atoms with Crippen molar-refractivity contribution in [3.63, 3.8) is 0 Å². The van der Waals surface area contributed by atoms with E-state index in [0.717, 1.165) is 12.5 Å². The molecule has 1 saturated carbocycles. The Kier molecular flexibility index (Phi) is 2.03. The van der Waals surface area contributed by atoms with Gasteiger partial charge in [-0.15, -0.1) is 0 Å². The van der Waals surface area contributed by atoms with Crippen molar-refractivity contribution in [2.75, 3.05) is 0 Å². The highest BCUT2D eigenvalue weighted by Gasteiger charge is 2.48.